The number of carbonyl (C=O) groups excluding carboxylic acids is 2. The van der Waals surface area contributed by atoms with Crippen LogP contribution in [0.1, 0.15) is 42.8 Å². The summed E-state index contributed by atoms with van der Waals surface area (Å²) in [6.45, 7) is 6.67. The molecule has 8 nitrogen and oxygen atoms in total. The lowest BCUT2D eigenvalue weighted by Crippen LogP contribution is -2.45. The van der Waals surface area contributed by atoms with Crippen LogP contribution in [0, 0.1) is 0 Å². The Morgan fingerprint density at radius 1 is 1.20 bits per heavy atom. The van der Waals surface area contributed by atoms with Crippen LogP contribution < -0.4 is 16.0 Å². The molecule has 1 aromatic carbocycles. The predicted octanol–water partition coefficient (Wildman–Crippen LogP) is 2.60. The van der Waals surface area contributed by atoms with Gasteiger partial charge in [0.15, 0.2) is 11.7 Å². The second-order valence-corrected chi connectivity index (χ2v) is 7.15. The molecule has 1 saturated heterocycles. The standard InChI is InChI=1S/C22H29N5O3/c1-3-20(28)27-12-11-18(15-27)26-22(23-4-2)24-14-16-7-9-17(10-8-16)25-21(29)19-6-5-13-30-19/h5-10,13,18H,3-4,11-12,14-15H2,1-2H3,(H,25,29)(H2,23,24,26). The van der Waals surface area contributed by atoms with E-state index >= 15 is 0 Å². The highest BCUT2D eigenvalue weighted by molar-refractivity contribution is 6.02. The van der Waals surface area contributed by atoms with Crippen LogP contribution in [0.5, 0.6) is 0 Å². The second-order valence-electron chi connectivity index (χ2n) is 7.15. The molecule has 0 radical (unpaired) electrons. The normalized spacial score (nSPS) is 16.4. The van der Waals surface area contributed by atoms with Crippen molar-refractivity contribution in [2.45, 2.75) is 39.3 Å². The zero-order chi connectivity index (χ0) is 21.3. The number of benzene rings is 1. The summed E-state index contributed by atoms with van der Waals surface area (Å²) >= 11 is 0. The quantitative estimate of drug-likeness (QED) is 0.480. The lowest BCUT2D eigenvalue weighted by Gasteiger charge is -2.18. The van der Waals surface area contributed by atoms with E-state index < -0.39 is 0 Å². The zero-order valence-corrected chi connectivity index (χ0v) is 17.5. The van der Waals surface area contributed by atoms with Crippen LogP contribution in [0.3, 0.4) is 0 Å². The number of hydrogen-bond acceptors (Lipinski definition) is 4. The van der Waals surface area contributed by atoms with Gasteiger partial charge in [0.25, 0.3) is 5.91 Å². The molecule has 1 atom stereocenters. The van der Waals surface area contributed by atoms with Crippen molar-refractivity contribution in [3.63, 3.8) is 0 Å². The summed E-state index contributed by atoms with van der Waals surface area (Å²) in [7, 11) is 0. The molecule has 1 aromatic heterocycles. The Balaban J connectivity index is 1.54. The van der Waals surface area contributed by atoms with Gasteiger partial charge in [-0.1, -0.05) is 19.1 Å². The molecule has 160 valence electrons. The molecule has 3 N–H and O–H groups in total. The van der Waals surface area contributed by atoms with Gasteiger partial charge in [-0.05, 0) is 43.2 Å². The highest BCUT2D eigenvalue weighted by Crippen LogP contribution is 2.13. The average Bonchev–Trinajstić information content (AvgIpc) is 3.45. The fraction of sp³-hybridized carbons (Fsp3) is 0.409. The highest BCUT2D eigenvalue weighted by Gasteiger charge is 2.25. The molecule has 0 spiro atoms. The first kappa shape index (κ1) is 21.4. The lowest BCUT2D eigenvalue weighted by molar-refractivity contribution is -0.129. The first-order valence-electron chi connectivity index (χ1n) is 10.4. The van der Waals surface area contributed by atoms with Gasteiger partial charge in [0.1, 0.15) is 0 Å². The lowest BCUT2D eigenvalue weighted by atomic mass is 10.2. The van der Waals surface area contributed by atoms with Crippen molar-refractivity contribution in [2.24, 2.45) is 4.99 Å². The third kappa shape index (κ3) is 5.85. The van der Waals surface area contributed by atoms with Crippen LogP contribution in [-0.2, 0) is 11.3 Å². The first-order chi connectivity index (χ1) is 14.6. The Hall–Kier alpha value is -3.29. The average molecular weight is 412 g/mol. The number of furan rings is 1. The molecular formula is C22H29N5O3. The van der Waals surface area contributed by atoms with Crippen molar-refractivity contribution in [3.05, 3.63) is 54.0 Å². The fourth-order valence-corrected chi connectivity index (χ4v) is 3.31. The number of amides is 2. The minimum Gasteiger partial charge on any atom is -0.459 e. The van der Waals surface area contributed by atoms with Crippen LogP contribution in [-0.4, -0.2) is 48.3 Å². The van der Waals surface area contributed by atoms with E-state index in [-0.39, 0.29) is 23.6 Å². The maximum absolute atomic E-state index is 12.0. The monoisotopic (exact) mass is 411 g/mol. The summed E-state index contributed by atoms with van der Waals surface area (Å²) in [6, 6.07) is 11.1. The van der Waals surface area contributed by atoms with Crippen LogP contribution in [0.15, 0.2) is 52.1 Å². The number of carbonyl (C=O) groups is 2. The summed E-state index contributed by atoms with van der Waals surface area (Å²) in [5, 5.41) is 9.48. The minimum absolute atomic E-state index is 0.195. The zero-order valence-electron chi connectivity index (χ0n) is 17.5. The summed E-state index contributed by atoms with van der Waals surface area (Å²) in [4.78, 5) is 30.4. The van der Waals surface area contributed by atoms with Gasteiger partial charge in [-0.15, -0.1) is 0 Å². The summed E-state index contributed by atoms with van der Waals surface area (Å²) < 4.78 is 5.09. The van der Waals surface area contributed by atoms with Crippen LogP contribution in [0.25, 0.3) is 0 Å². The fourth-order valence-electron chi connectivity index (χ4n) is 3.31. The van der Waals surface area contributed by atoms with E-state index in [0.29, 0.717) is 25.2 Å². The van der Waals surface area contributed by atoms with Gasteiger partial charge >= 0.3 is 0 Å². The van der Waals surface area contributed by atoms with E-state index in [1.54, 1.807) is 12.1 Å². The topological polar surface area (TPSA) is 99.0 Å². The van der Waals surface area contributed by atoms with Gasteiger partial charge < -0.3 is 25.3 Å². The van der Waals surface area contributed by atoms with Gasteiger partial charge in [0.05, 0.1) is 12.8 Å². The molecule has 0 bridgehead atoms. The maximum Gasteiger partial charge on any atom is 0.291 e. The van der Waals surface area contributed by atoms with E-state index in [1.807, 2.05) is 43.0 Å². The Morgan fingerprint density at radius 2 is 2.00 bits per heavy atom. The molecule has 0 saturated carbocycles. The van der Waals surface area contributed by atoms with Gasteiger partial charge in [0, 0.05) is 37.8 Å². The van der Waals surface area contributed by atoms with Crippen LogP contribution >= 0.6 is 0 Å². The maximum atomic E-state index is 12.0. The second kappa shape index (κ2) is 10.5. The van der Waals surface area contributed by atoms with Crippen molar-refractivity contribution in [3.8, 4) is 0 Å². The van der Waals surface area contributed by atoms with Crippen molar-refractivity contribution in [2.75, 3.05) is 25.0 Å². The first-order valence-corrected chi connectivity index (χ1v) is 10.4. The molecule has 30 heavy (non-hydrogen) atoms. The Morgan fingerprint density at radius 3 is 2.67 bits per heavy atom. The number of likely N-dealkylation sites (tertiary alicyclic amines) is 1. The number of rotatable bonds is 7. The molecule has 2 heterocycles. The van der Waals surface area contributed by atoms with Crippen molar-refractivity contribution in [1.82, 2.24) is 15.5 Å². The van der Waals surface area contributed by atoms with E-state index in [9.17, 15) is 9.59 Å². The summed E-state index contributed by atoms with van der Waals surface area (Å²) in [5.74, 6) is 0.927. The molecule has 3 rings (SSSR count). The molecule has 2 aromatic rings. The van der Waals surface area contributed by atoms with Gasteiger partial charge in [-0.2, -0.15) is 0 Å². The van der Waals surface area contributed by atoms with Crippen LogP contribution in [0.2, 0.25) is 0 Å². The predicted molar refractivity (Wildman–Crippen MR) is 116 cm³/mol. The number of aliphatic imine (C=N–C) groups is 1. The molecule has 1 fully saturated rings. The van der Waals surface area contributed by atoms with Crippen molar-refractivity contribution >= 4 is 23.5 Å². The largest absolute Gasteiger partial charge is 0.459 e. The molecule has 0 aliphatic carbocycles. The van der Waals surface area contributed by atoms with Gasteiger partial charge in [-0.3, -0.25) is 9.59 Å². The third-order valence-electron chi connectivity index (χ3n) is 4.90. The Kier molecular flexibility index (Phi) is 7.48. The SMILES string of the molecule is CCNC(=NCc1ccc(NC(=O)c2ccco2)cc1)NC1CCN(C(=O)CC)C1. The molecule has 1 aliphatic rings. The van der Waals surface area contributed by atoms with E-state index in [0.717, 1.165) is 31.0 Å². The van der Waals surface area contributed by atoms with Gasteiger partial charge in [-0.25, -0.2) is 4.99 Å². The van der Waals surface area contributed by atoms with E-state index in [2.05, 4.69) is 20.9 Å². The Bertz CT molecular complexity index is 861. The van der Waals surface area contributed by atoms with E-state index in [1.165, 1.54) is 6.26 Å². The van der Waals surface area contributed by atoms with E-state index in [4.69, 9.17) is 4.42 Å². The summed E-state index contributed by atoms with van der Waals surface area (Å²) in [6.07, 6.45) is 2.93. The minimum atomic E-state index is -0.281. The number of hydrogen-bond donors (Lipinski definition) is 3. The number of nitrogens with zero attached hydrogens (tertiary/aromatic N) is 2. The molecule has 2 amide bonds. The number of anilines is 1. The van der Waals surface area contributed by atoms with Crippen molar-refractivity contribution < 1.29 is 14.0 Å². The molecular weight excluding hydrogens is 382 g/mol. The van der Waals surface area contributed by atoms with Gasteiger partial charge in [0.2, 0.25) is 5.91 Å². The third-order valence-corrected chi connectivity index (χ3v) is 4.90. The Labute approximate surface area is 176 Å². The number of nitrogens with one attached hydrogen (secondary N) is 3. The highest BCUT2D eigenvalue weighted by atomic mass is 16.3. The molecule has 1 aliphatic heterocycles. The molecule has 1 unspecified atom stereocenters. The molecule has 8 heteroatoms. The number of guanidine groups is 1. The smallest absolute Gasteiger partial charge is 0.291 e. The van der Waals surface area contributed by atoms with Crippen molar-refractivity contribution in [1.29, 1.82) is 0 Å². The van der Waals surface area contributed by atoms with Crippen LogP contribution in [0.4, 0.5) is 5.69 Å². The summed E-state index contributed by atoms with van der Waals surface area (Å²) in [5.41, 5.74) is 1.72.